The van der Waals surface area contributed by atoms with Crippen LogP contribution in [0.3, 0.4) is 0 Å². The van der Waals surface area contributed by atoms with Crippen molar-refractivity contribution in [3.05, 3.63) is 18.0 Å². The zero-order chi connectivity index (χ0) is 14.9. The molecule has 0 radical (unpaired) electrons. The van der Waals surface area contributed by atoms with Crippen molar-refractivity contribution in [2.24, 2.45) is 5.73 Å². The largest absolute Gasteiger partial charge is 0.367 e. The highest BCUT2D eigenvalue weighted by molar-refractivity contribution is 5.93. The molecule has 7 nitrogen and oxygen atoms in total. The Kier molecular flexibility index (Phi) is 3.80. The minimum absolute atomic E-state index is 0.0903. The first-order chi connectivity index (χ1) is 9.35. The van der Waals surface area contributed by atoms with E-state index in [1.54, 1.807) is 28.8 Å². The first kappa shape index (κ1) is 14.5. The molecule has 2 heterocycles. The minimum Gasteiger partial charge on any atom is -0.367 e. The standard InChI is InChI=1S/C13H20N4O3/c1-9(2)17-10(4-5-15-17)11(18)16-6-7-20-13(3,8-16)12(14)19/h4-5,9H,6-8H2,1-3H3,(H2,14,19)/t13-/m0/s1. The van der Waals surface area contributed by atoms with Crippen LogP contribution in [0.4, 0.5) is 0 Å². The fourth-order valence-corrected chi connectivity index (χ4v) is 2.25. The van der Waals surface area contributed by atoms with Crippen LogP contribution < -0.4 is 5.73 Å². The molecule has 1 saturated heterocycles. The fourth-order valence-electron chi connectivity index (χ4n) is 2.25. The number of carbonyl (C=O) groups is 2. The number of nitrogens with two attached hydrogens (primary N) is 1. The Hall–Kier alpha value is -1.89. The maximum absolute atomic E-state index is 12.6. The molecule has 0 spiro atoms. The summed E-state index contributed by atoms with van der Waals surface area (Å²) in [7, 11) is 0. The number of nitrogens with zero attached hydrogens (tertiary/aromatic N) is 3. The van der Waals surface area contributed by atoms with Crippen LogP contribution in [-0.4, -0.2) is 51.8 Å². The van der Waals surface area contributed by atoms with Crippen molar-refractivity contribution in [2.75, 3.05) is 19.7 Å². The van der Waals surface area contributed by atoms with Gasteiger partial charge >= 0.3 is 0 Å². The quantitative estimate of drug-likeness (QED) is 0.855. The number of morpholine rings is 1. The molecule has 1 aliphatic heterocycles. The van der Waals surface area contributed by atoms with E-state index in [2.05, 4.69) is 5.10 Å². The average molecular weight is 280 g/mol. The number of ether oxygens (including phenoxy) is 1. The van der Waals surface area contributed by atoms with E-state index in [1.807, 2.05) is 13.8 Å². The van der Waals surface area contributed by atoms with Crippen LogP contribution in [0.25, 0.3) is 0 Å². The van der Waals surface area contributed by atoms with Crippen LogP contribution in [0, 0.1) is 0 Å². The molecule has 0 saturated carbocycles. The van der Waals surface area contributed by atoms with Crippen molar-refractivity contribution >= 4 is 11.8 Å². The first-order valence-electron chi connectivity index (χ1n) is 6.62. The Morgan fingerprint density at radius 3 is 2.80 bits per heavy atom. The molecular formula is C13H20N4O3. The van der Waals surface area contributed by atoms with Crippen LogP contribution in [0.1, 0.15) is 37.3 Å². The second-order valence-electron chi connectivity index (χ2n) is 5.43. The molecule has 2 N–H and O–H groups in total. The van der Waals surface area contributed by atoms with E-state index in [4.69, 9.17) is 10.5 Å². The Labute approximate surface area is 117 Å². The first-order valence-corrected chi connectivity index (χ1v) is 6.62. The third-order valence-corrected chi connectivity index (χ3v) is 3.46. The lowest BCUT2D eigenvalue weighted by molar-refractivity contribution is -0.150. The van der Waals surface area contributed by atoms with Gasteiger partial charge in [0.2, 0.25) is 0 Å². The van der Waals surface area contributed by atoms with E-state index in [-0.39, 0.29) is 18.5 Å². The Morgan fingerprint density at radius 1 is 1.50 bits per heavy atom. The predicted octanol–water partition coefficient (Wildman–Crippen LogP) is 0.180. The monoisotopic (exact) mass is 280 g/mol. The second-order valence-corrected chi connectivity index (χ2v) is 5.43. The lowest BCUT2D eigenvalue weighted by Gasteiger charge is -2.38. The summed E-state index contributed by atoms with van der Waals surface area (Å²) in [6.07, 6.45) is 1.60. The van der Waals surface area contributed by atoms with Gasteiger partial charge < -0.3 is 15.4 Å². The number of rotatable bonds is 3. The van der Waals surface area contributed by atoms with Crippen molar-refractivity contribution in [1.82, 2.24) is 14.7 Å². The molecule has 0 bridgehead atoms. The molecular weight excluding hydrogens is 260 g/mol. The van der Waals surface area contributed by atoms with E-state index in [0.717, 1.165) is 0 Å². The van der Waals surface area contributed by atoms with Gasteiger partial charge in [-0.1, -0.05) is 0 Å². The van der Waals surface area contributed by atoms with E-state index in [9.17, 15) is 9.59 Å². The minimum atomic E-state index is -1.13. The van der Waals surface area contributed by atoms with Gasteiger partial charge in [-0.2, -0.15) is 5.10 Å². The molecule has 20 heavy (non-hydrogen) atoms. The van der Waals surface area contributed by atoms with E-state index >= 15 is 0 Å². The highest BCUT2D eigenvalue weighted by atomic mass is 16.5. The van der Waals surface area contributed by atoms with Crippen LogP contribution in [0.5, 0.6) is 0 Å². The maximum Gasteiger partial charge on any atom is 0.272 e. The third-order valence-electron chi connectivity index (χ3n) is 3.46. The molecule has 1 aliphatic rings. The van der Waals surface area contributed by atoms with Gasteiger partial charge in [0.25, 0.3) is 11.8 Å². The third kappa shape index (κ3) is 2.53. The summed E-state index contributed by atoms with van der Waals surface area (Å²) in [4.78, 5) is 25.6. The average Bonchev–Trinajstić information content (AvgIpc) is 2.87. The molecule has 1 aromatic heterocycles. The molecule has 0 aliphatic carbocycles. The van der Waals surface area contributed by atoms with Gasteiger partial charge in [-0.25, -0.2) is 0 Å². The molecule has 2 amide bonds. The van der Waals surface area contributed by atoms with Crippen LogP contribution >= 0.6 is 0 Å². The lowest BCUT2D eigenvalue weighted by Crippen LogP contribution is -2.58. The van der Waals surface area contributed by atoms with Crippen molar-refractivity contribution in [3.8, 4) is 0 Å². The van der Waals surface area contributed by atoms with Crippen LogP contribution in [0.15, 0.2) is 12.3 Å². The fraction of sp³-hybridized carbons (Fsp3) is 0.615. The zero-order valence-corrected chi connectivity index (χ0v) is 12.0. The summed E-state index contributed by atoms with van der Waals surface area (Å²) in [6.45, 7) is 6.40. The molecule has 7 heteroatoms. The summed E-state index contributed by atoms with van der Waals surface area (Å²) in [5.74, 6) is -0.723. The topological polar surface area (TPSA) is 90.4 Å². The number of hydrogen-bond acceptors (Lipinski definition) is 4. The molecule has 1 aromatic rings. The number of carbonyl (C=O) groups excluding carboxylic acids is 2. The molecule has 2 rings (SSSR count). The molecule has 1 atom stereocenters. The van der Waals surface area contributed by atoms with Crippen molar-refractivity contribution in [3.63, 3.8) is 0 Å². The van der Waals surface area contributed by atoms with Crippen LogP contribution in [0.2, 0.25) is 0 Å². The van der Waals surface area contributed by atoms with E-state index in [0.29, 0.717) is 18.8 Å². The van der Waals surface area contributed by atoms with Gasteiger partial charge in [-0.15, -0.1) is 0 Å². The molecule has 0 unspecified atom stereocenters. The summed E-state index contributed by atoms with van der Waals surface area (Å²) in [5, 5.41) is 4.15. The van der Waals surface area contributed by atoms with Crippen molar-refractivity contribution in [2.45, 2.75) is 32.4 Å². The van der Waals surface area contributed by atoms with Crippen molar-refractivity contribution < 1.29 is 14.3 Å². The Balaban J connectivity index is 2.21. The van der Waals surface area contributed by atoms with Gasteiger partial charge in [0, 0.05) is 18.8 Å². The highest BCUT2D eigenvalue weighted by Gasteiger charge is 2.39. The van der Waals surface area contributed by atoms with E-state index in [1.165, 1.54) is 0 Å². The Morgan fingerprint density at radius 2 is 2.20 bits per heavy atom. The summed E-state index contributed by atoms with van der Waals surface area (Å²) >= 11 is 0. The second kappa shape index (κ2) is 5.24. The van der Waals surface area contributed by atoms with Gasteiger partial charge in [-0.3, -0.25) is 14.3 Å². The SMILES string of the molecule is CC(C)n1nccc1C(=O)N1CCO[C@](C)(C(N)=O)C1. The molecule has 1 fully saturated rings. The van der Waals surface area contributed by atoms with Gasteiger partial charge in [0.1, 0.15) is 5.69 Å². The summed E-state index contributed by atoms with van der Waals surface area (Å²) < 4.78 is 7.08. The van der Waals surface area contributed by atoms with E-state index < -0.39 is 11.5 Å². The predicted molar refractivity (Wildman–Crippen MR) is 72.1 cm³/mol. The van der Waals surface area contributed by atoms with Gasteiger partial charge in [0.05, 0.1) is 13.2 Å². The molecule has 110 valence electrons. The van der Waals surface area contributed by atoms with Gasteiger partial charge in [0.15, 0.2) is 5.60 Å². The highest BCUT2D eigenvalue weighted by Crippen LogP contribution is 2.20. The lowest BCUT2D eigenvalue weighted by atomic mass is 10.0. The normalized spacial score (nSPS) is 23.1. The van der Waals surface area contributed by atoms with Crippen molar-refractivity contribution in [1.29, 1.82) is 0 Å². The number of amides is 2. The maximum atomic E-state index is 12.6. The summed E-state index contributed by atoms with van der Waals surface area (Å²) in [5.41, 5.74) is 4.72. The number of aromatic nitrogens is 2. The number of hydrogen-bond donors (Lipinski definition) is 1. The smallest absolute Gasteiger partial charge is 0.272 e. The number of primary amides is 1. The summed E-state index contributed by atoms with van der Waals surface area (Å²) in [6, 6.07) is 1.77. The van der Waals surface area contributed by atoms with Crippen LogP contribution in [-0.2, 0) is 9.53 Å². The Bertz CT molecular complexity index is 525. The van der Waals surface area contributed by atoms with Gasteiger partial charge in [-0.05, 0) is 26.8 Å². The zero-order valence-electron chi connectivity index (χ0n) is 12.0. The molecule has 0 aromatic carbocycles.